The molecule has 2 nitrogen and oxygen atoms in total. The van der Waals surface area contributed by atoms with Crippen molar-refractivity contribution in [3.05, 3.63) is 33.6 Å². The van der Waals surface area contributed by atoms with E-state index in [0.29, 0.717) is 10.6 Å². The molecule has 2 N–H and O–H groups in total. The standard InChI is InChI=1S/C14H18Cl2FNO/c1-8(18-13-4-2-3-5-14(13)19)9-6-12(17)11(16)7-10(9)15/h6-8,13-14,18-19H,2-5H2,1H3. The summed E-state index contributed by atoms with van der Waals surface area (Å²) in [7, 11) is 0. The number of aliphatic hydroxyl groups excluding tert-OH is 1. The molecule has 0 bridgehead atoms. The van der Waals surface area contributed by atoms with Crippen molar-refractivity contribution in [1.82, 2.24) is 5.32 Å². The Labute approximate surface area is 122 Å². The van der Waals surface area contributed by atoms with Crippen molar-refractivity contribution in [3.63, 3.8) is 0 Å². The molecule has 5 heteroatoms. The zero-order valence-corrected chi connectivity index (χ0v) is 12.3. The Morgan fingerprint density at radius 1 is 1.26 bits per heavy atom. The molecule has 1 saturated carbocycles. The van der Waals surface area contributed by atoms with Gasteiger partial charge in [0.05, 0.1) is 11.1 Å². The number of hydrogen-bond donors (Lipinski definition) is 2. The predicted octanol–water partition coefficient (Wildman–Crippen LogP) is 4.09. The molecule has 19 heavy (non-hydrogen) atoms. The summed E-state index contributed by atoms with van der Waals surface area (Å²) in [6, 6.07) is 2.69. The predicted molar refractivity (Wildman–Crippen MR) is 76.2 cm³/mol. The highest BCUT2D eigenvalue weighted by molar-refractivity contribution is 6.35. The van der Waals surface area contributed by atoms with Crippen LogP contribution in [0.1, 0.15) is 44.2 Å². The molecule has 0 spiro atoms. The van der Waals surface area contributed by atoms with Crippen molar-refractivity contribution in [2.45, 2.75) is 50.8 Å². The van der Waals surface area contributed by atoms with Crippen LogP contribution in [0.4, 0.5) is 4.39 Å². The Kier molecular flexibility index (Phi) is 5.07. The first-order chi connectivity index (χ1) is 8.99. The quantitative estimate of drug-likeness (QED) is 0.825. The molecular formula is C14H18Cl2FNO. The van der Waals surface area contributed by atoms with E-state index >= 15 is 0 Å². The van der Waals surface area contributed by atoms with Gasteiger partial charge in [-0.2, -0.15) is 0 Å². The lowest BCUT2D eigenvalue weighted by Crippen LogP contribution is -2.43. The SMILES string of the molecule is CC(NC1CCCCC1O)c1cc(F)c(Cl)cc1Cl. The maximum Gasteiger partial charge on any atom is 0.142 e. The van der Waals surface area contributed by atoms with Crippen molar-refractivity contribution in [1.29, 1.82) is 0 Å². The molecule has 1 fully saturated rings. The minimum absolute atomic E-state index is 0.0265. The van der Waals surface area contributed by atoms with Crippen molar-refractivity contribution < 1.29 is 9.50 Å². The maximum absolute atomic E-state index is 13.5. The molecular weight excluding hydrogens is 288 g/mol. The van der Waals surface area contributed by atoms with E-state index in [0.717, 1.165) is 25.7 Å². The molecule has 1 aromatic rings. The van der Waals surface area contributed by atoms with Gasteiger partial charge in [0, 0.05) is 17.1 Å². The molecule has 3 atom stereocenters. The fourth-order valence-corrected chi connectivity index (χ4v) is 3.13. The summed E-state index contributed by atoms with van der Waals surface area (Å²) in [5, 5.41) is 13.7. The molecule has 1 aliphatic carbocycles. The van der Waals surface area contributed by atoms with Crippen molar-refractivity contribution >= 4 is 23.2 Å². The summed E-state index contributed by atoms with van der Waals surface area (Å²) in [5.74, 6) is -0.473. The highest BCUT2D eigenvalue weighted by Gasteiger charge is 2.25. The highest BCUT2D eigenvalue weighted by Crippen LogP contribution is 2.30. The molecule has 0 radical (unpaired) electrons. The van der Waals surface area contributed by atoms with E-state index in [2.05, 4.69) is 5.32 Å². The van der Waals surface area contributed by atoms with Gasteiger partial charge in [-0.05, 0) is 37.5 Å². The number of rotatable bonds is 3. The first kappa shape index (κ1) is 15.0. The van der Waals surface area contributed by atoms with Gasteiger partial charge >= 0.3 is 0 Å². The van der Waals surface area contributed by atoms with Gasteiger partial charge in [0.2, 0.25) is 0 Å². The monoisotopic (exact) mass is 305 g/mol. The lowest BCUT2D eigenvalue weighted by atomic mass is 9.91. The molecule has 0 amide bonds. The van der Waals surface area contributed by atoms with Gasteiger partial charge in [-0.15, -0.1) is 0 Å². The zero-order chi connectivity index (χ0) is 14.0. The Hall–Kier alpha value is -0.350. The normalized spacial score (nSPS) is 25.3. The van der Waals surface area contributed by atoms with Crippen LogP contribution in [0.5, 0.6) is 0 Å². The number of hydrogen-bond acceptors (Lipinski definition) is 2. The topological polar surface area (TPSA) is 32.3 Å². The van der Waals surface area contributed by atoms with Crippen LogP contribution in [-0.4, -0.2) is 17.3 Å². The number of nitrogens with one attached hydrogen (secondary N) is 1. The van der Waals surface area contributed by atoms with Crippen LogP contribution in [0.25, 0.3) is 0 Å². The number of aliphatic hydroxyl groups is 1. The third kappa shape index (κ3) is 3.60. The smallest absolute Gasteiger partial charge is 0.142 e. The third-order valence-electron chi connectivity index (χ3n) is 3.70. The van der Waals surface area contributed by atoms with Crippen molar-refractivity contribution in [3.8, 4) is 0 Å². The van der Waals surface area contributed by atoms with Gasteiger partial charge < -0.3 is 10.4 Å². The van der Waals surface area contributed by atoms with E-state index in [9.17, 15) is 9.50 Å². The first-order valence-electron chi connectivity index (χ1n) is 6.57. The van der Waals surface area contributed by atoms with Crippen LogP contribution < -0.4 is 5.32 Å². The Bertz CT molecular complexity index is 455. The van der Waals surface area contributed by atoms with Gasteiger partial charge in [0.25, 0.3) is 0 Å². The highest BCUT2D eigenvalue weighted by atomic mass is 35.5. The van der Waals surface area contributed by atoms with Crippen LogP contribution in [0.3, 0.4) is 0 Å². The number of benzene rings is 1. The van der Waals surface area contributed by atoms with Gasteiger partial charge in [-0.25, -0.2) is 4.39 Å². The zero-order valence-electron chi connectivity index (χ0n) is 10.8. The van der Waals surface area contributed by atoms with Gasteiger partial charge in [0.1, 0.15) is 5.82 Å². The maximum atomic E-state index is 13.5. The van der Waals surface area contributed by atoms with E-state index in [1.807, 2.05) is 6.92 Å². The fraction of sp³-hybridized carbons (Fsp3) is 0.571. The molecule has 106 valence electrons. The summed E-state index contributed by atoms with van der Waals surface area (Å²) in [5.41, 5.74) is 0.668. The Balaban J connectivity index is 2.11. The minimum Gasteiger partial charge on any atom is -0.392 e. The minimum atomic E-state index is -0.473. The summed E-state index contributed by atoms with van der Waals surface area (Å²) >= 11 is 11.8. The van der Waals surface area contributed by atoms with E-state index in [-0.39, 0.29) is 23.2 Å². The third-order valence-corrected chi connectivity index (χ3v) is 4.32. The lowest BCUT2D eigenvalue weighted by molar-refractivity contribution is 0.0859. The summed E-state index contributed by atoms with van der Waals surface area (Å²) in [6.07, 6.45) is 3.56. The Morgan fingerprint density at radius 3 is 2.63 bits per heavy atom. The van der Waals surface area contributed by atoms with Crippen molar-refractivity contribution in [2.75, 3.05) is 0 Å². The van der Waals surface area contributed by atoms with Gasteiger partial charge in [0.15, 0.2) is 0 Å². The first-order valence-corrected chi connectivity index (χ1v) is 7.33. The fourth-order valence-electron chi connectivity index (χ4n) is 2.59. The average molecular weight is 306 g/mol. The van der Waals surface area contributed by atoms with Crippen molar-refractivity contribution in [2.24, 2.45) is 0 Å². The van der Waals surface area contributed by atoms with Crippen LogP contribution in [0.2, 0.25) is 10.0 Å². The molecule has 2 rings (SSSR count). The lowest BCUT2D eigenvalue weighted by Gasteiger charge is -2.31. The summed E-state index contributed by atoms with van der Waals surface area (Å²) in [4.78, 5) is 0. The largest absolute Gasteiger partial charge is 0.392 e. The van der Waals surface area contributed by atoms with Crippen LogP contribution in [-0.2, 0) is 0 Å². The van der Waals surface area contributed by atoms with Crippen LogP contribution in [0.15, 0.2) is 12.1 Å². The molecule has 1 aliphatic rings. The second-order valence-corrected chi connectivity index (χ2v) is 5.95. The van der Waals surface area contributed by atoms with E-state index in [1.165, 1.54) is 12.1 Å². The molecule has 0 heterocycles. The second kappa shape index (κ2) is 6.40. The van der Waals surface area contributed by atoms with Crippen LogP contribution in [0, 0.1) is 5.82 Å². The van der Waals surface area contributed by atoms with Gasteiger partial charge in [-0.3, -0.25) is 0 Å². The van der Waals surface area contributed by atoms with Gasteiger partial charge in [-0.1, -0.05) is 36.0 Å². The number of halogens is 3. The molecule has 0 saturated heterocycles. The summed E-state index contributed by atoms with van der Waals surface area (Å²) in [6.45, 7) is 1.91. The molecule has 0 aliphatic heterocycles. The Morgan fingerprint density at radius 2 is 1.95 bits per heavy atom. The molecule has 0 aromatic heterocycles. The summed E-state index contributed by atoms with van der Waals surface area (Å²) < 4.78 is 13.5. The average Bonchev–Trinajstić information content (AvgIpc) is 2.36. The second-order valence-electron chi connectivity index (χ2n) is 5.13. The molecule has 3 unspecified atom stereocenters. The van der Waals surface area contributed by atoms with E-state index < -0.39 is 5.82 Å². The van der Waals surface area contributed by atoms with E-state index in [4.69, 9.17) is 23.2 Å². The van der Waals surface area contributed by atoms with Crippen LogP contribution >= 0.6 is 23.2 Å². The molecule has 1 aromatic carbocycles. The van der Waals surface area contributed by atoms with E-state index in [1.54, 1.807) is 0 Å².